The summed E-state index contributed by atoms with van der Waals surface area (Å²) in [6.45, 7) is 8.76. The third-order valence-corrected chi connectivity index (χ3v) is 5.19. The normalized spacial score (nSPS) is 31.8. The van der Waals surface area contributed by atoms with Crippen molar-refractivity contribution in [2.75, 3.05) is 39.9 Å². The van der Waals surface area contributed by atoms with E-state index in [1.54, 1.807) is 7.11 Å². The molecule has 136 valence electrons. The lowest BCUT2D eigenvalue weighted by Crippen LogP contribution is -2.43. The molecule has 0 aromatic carbocycles. The largest absolute Gasteiger partial charge is 0.392 e. The summed E-state index contributed by atoms with van der Waals surface area (Å²) in [4.78, 5) is 7.21. The van der Waals surface area contributed by atoms with E-state index < -0.39 is 0 Å². The summed E-state index contributed by atoms with van der Waals surface area (Å²) < 4.78 is 5.28. The maximum Gasteiger partial charge on any atom is 0.193 e. The third kappa shape index (κ3) is 5.74. The van der Waals surface area contributed by atoms with Crippen LogP contribution in [0.5, 0.6) is 0 Å². The van der Waals surface area contributed by atoms with Crippen LogP contribution in [0.4, 0.5) is 0 Å². The van der Waals surface area contributed by atoms with Crippen molar-refractivity contribution in [3.63, 3.8) is 0 Å². The standard InChI is InChI=1S/C17H33N3O2.HI/c1-4-18-16(20-10-8-14(11-20)12-22-3)19-13-17(2)9-6-5-7-15(17)21;/h14-15,21H,4-13H2,1-3H3,(H,18,19);1H. The van der Waals surface area contributed by atoms with Crippen molar-refractivity contribution in [3.8, 4) is 0 Å². The first kappa shape index (κ1) is 21.0. The molecule has 2 rings (SSSR count). The van der Waals surface area contributed by atoms with E-state index in [0.29, 0.717) is 12.5 Å². The summed E-state index contributed by atoms with van der Waals surface area (Å²) in [6.07, 6.45) is 5.29. The molecule has 1 aliphatic heterocycles. The first-order chi connectivity index (χ1) is 10.6. The summed E-state index contributed by atoms with van der Waals surface area (Å²) in [6, 6.07) is 0. The first-order valence-corrected chi connectivity index (χ1v) is 8.79. The van der Waals surface area contributed by atoms with Crippen molar-refractivity contribution in [3.05, 3.63) is 0 Å². The van der Waals surface area contributed by atoms with Gasteiger partial charge in [0, 0.05) is 38.1 Å². The molecular formula is C17H34IN3O2. The molecule has 3 atom stereocenters. The topological polar surface area (TPSA) is 57.1 Å². The molecule has 2 fully saturated rings. The van der Waals surface area contributed by atoms with Crippen molar-refractivity contribution in [2.45, 2.75) is 52.1 Å². The molecule has 3 unspecified atom stereocenters. The van der Waals surface area contributed by atoms with Crippen molar-refractivity contribution in [1.82, 2.24) is 10.2 Å². The van der Waals surface area contributed by atoms with E-state index in [1.807, 2.05) is 0 Å². The van der Waals surface area contributed by atoms with E-state index >= 15 is 0 Å². The van der Waals surface area contributed by atoms with Crippen LogP contribution in [0.25, 0.3) is 0 Å². The van der Waals surface area contributed by atoms with Gasteiger partial charge < -0.3 is 20.1 Å². The Hall–Kier alpha value is -0.0800. The number of likely N-dealkylation sites (tertiary alicyclic amines) is 1. The number of rotatable bonds is 5. The van der Waals surface area contributed by atoms with E-state index in [1.165, 1.54) is 6.42 Å². The molecule has 2 N–H and O–H groups in total. The van der Waals surface area contributed by atoms with Crippen molar-refractivity contribution in [2.24, 2.45) is 16.3 Å². The van der Waals surface area contributed by atoms with Crippen LogP contribution >= 0.6 is 24.0 Å². The van der Waals surface area contributed by atoms with Gasteiger partial charge in [0.1, 0.15) is 0 Å². The van der Waals surface area contributed by atoms with Crippen LogP contribution in [0.1, 0.15) is 46.0 Å². The summed E-state index contributed by atoms with van der Waals surface area (Å²) in [7, 11) is 1.77. The van der Waals surface area contributed by atoms with E-state index in [0.717, 1.165) is 57.9 Å². The number of hydrogen-bond acceptors (Lipinski definition) is 3. The lowest BCUT2D eigenvalue weighted by Gasteiger charge is -2.37. The van der Waals surface area contributed by atoms with Crippen molar-refractivity contribution < 1.29 is 9.84 Å². The molecule has 0 bridgehead atoms. The zero-order valence-electron chi connectivity index (χ0n) is 14.9. The minimum absolute atomic E-state index is 0. The van der Waals surface area contributed by atoms with Gasteiger partial charge in [-0.05, 0) is 26.2 Å². The predicted octanol–water partition coefficient (Wildman–Crippen LogP) is 2.48. The average molecular weight is 439 g/mol. The molecule has 1 aliphatic carbocycles. The Balaban J connectivity index is 0.00000264. The van der Waals surface area contributed by atoms with Crippen LogP contribution < -0.4 is 5.32 Å². The maximum absolute atomic E-state index is 10.3. The van der Waals surface area contributed by atoms with E-state index in [2.05, 4.69) is 24.1 Å². The summed E-state index contributed by atoms with van der Waals surface area (Å²) >= 11 is 0. The Kier molecular flexibility index (Phi) is 9.15. The Bertz CT molecular complexity index is 381. The van der Waals surface area contributed by atoms with Gasteiger partial charge in [-0.25, -0.2) is 0 Å². The molecule has 0 aromatic rings. The summed E-state index contributed by atoms with van der Waals surface area (Å²) in [5.41, 5.74) is -0.0649. The molecule has 23 heavy (non-hydrogen) atoms. The van der Waals surface area contributed by atoms with Crippen LogP contribution in [0.15, 0.2) is 4.99 Å². The smallest absolute Gasteiger partial charge is 0.193 e. The second-order valence-corrected chi connectivity index (χ2v) is 7.14. The van der Waals surface area contributed by atoms with Gasteiger partial charge >= 0.3 is 0 Å². The van der Waals surface area contributed by atoms with Gasteiger partial charge in [-0.3, -0.25) is 4.99 Å². The van der Waals surface area contributed by atoms with Gasteiger partial charge in [-0.2, -0.15) is 0 Å². The van der Waals surface area contributed by atoms with Gasteiger partial charge in [-0.15, -0.1) is 24.0 Å². The fourth-order valence-corrected chi connectivity index (χ4v) is 3.64. The Morgan fingerprint density at radius 1 is 1.39 bits per heavy atom. The van der Waals surface area contributed by atoms with Crippen LogP contribution in [0, 0.1) is 11.3 Å². The number of nitrogens with zero attached hydrogens (tertiary/aromatic N) is 2. The van der Waals surface area contributed by atoms with Gasteiger partial charge in [0.25, 0.3) is 0 Å². The lowest BCUT2D eigenvalue weighted by molar-refractivity contribution is 0.00705. The Morgan fingerprint density at radius 3 is 2.83 bits per heavy atom. The van der Waals surface area contributed by atoms with Crippen LogP contribution in [0.2, 0.25) is 0 Å². The first-order valence-electron chi connectivity index (χ1n) is 8.79. The highest BCUT2D eigenvalue weighted by Crippen LogP contribution is 2.36. The number of nitrogens with one attached hydrogen (secondary N) is 1. The van der Waals surface area contributed by atoms with Crippen LogP contribution in [-0.4, -0.2) is 62.0 Å². The minimum atomic E-state index is -0.215. The number of methoxy groups -OCH3 is 1. The molecule has 6 heteroatoms. The van der Waals surface area contributed by atoms with Gasteiger partial charge in [0.15, 0.2) is 5.96 Å². The highest BCUT2D eigenvalue weighted by atomic mass is 127. The quantitative estimate of drug-likeness (QED) is 0.393. The molecule has 2 aliphatic rings. The SMILES string of the molecule is CCNC(=NCC1(C)CCCCC1O)N1CCC(COC)C1.I. The fourth-order valence-electron chi connectivity index (χ4n) is 3.64. The summed E-state index contributed by atoms with van der Waals surface area (Å²) in [5.74, 6) is 1.60. The second kappa shape index (κ2) is 10.0. The van der Waals surface area contributed by atoms with Gasteiger partial charge in [-0.1, -0.05) is 19.8 Å². The number of hydrogen-bond donors (Lipinski definition) is 2. The molecule has 1 saturated heterocycles. The Morgan fingerprint density at radius 2 is 2.17 bits per heavy atom. The van der Waals surface area contributed by atoms with E-state index in [4.69, 9.17) is 9.73 Å². The third-order valence-electron chi connectivity index (χ3n) is 5.19. The zero-order valence-corrected chi connectivity index (χ0v) is 17.2. The molecule has 1 saturated carbocycles. The predicted molar refractivity (Wildman–Crippen MR) is 106 cm³/mol. The number of guanidine groups is 1. The highest BCUT2D eigenvalue weighted by Gasteiger charge is 2.35. The van der Waals surface area contributed by atoms with Gasteiger partial charge in [0.2, 0.25) is 0 Å². The van der Waals surface area contributed by atoms with E-state index in [-0.39, 0.29) is 35.5 Å². The van der Waals surface area contributed by atoms with Crippen molar-refractivity contribution in [1.29, 1.82) is 0 Å². The molecule has 0 aromatic heterocycles. The molecule has 1 heterocycles. The number of aliphatic hydroxyl groups is 1. The highest BCUT2D eigenvalue weighted by molar-refractivity contribution is 14.0. The monoisotopic (exact) mass is 439 g/mol. The molecule has 0 spiro atoms. The average Bonchev–Trinajstić information content (AvgIpc) is 2.96. The number of ether oxygens (including phenoxy) is 1. The van der Waals surface area contributed by atoms with Crippen LogP contribution in [-0.2, 0) is 4.74 Å². The fraction of sp³-hybridized carbons (Fsp3) is 0.941. The van der Waals surface area contributed by atoms with Gasteiger partial charge in [0.05, 0.1) is 19.3 Å². The molecule has 0 amide bonds. The minimum Gasteiger partial charge on any atom is -0.392 e. The second-order valence-electron chi connectivity index (χ2n) is 7.14. The van der Waals surface area contributed by atoms with E-state index in [9.17, 15) is 5.11 Å². The molecular weight excluding hydrogens is 405 g/mol. The van der Waals surface area contributed by atoms with Crippen LogP contribution in [0.3, 0.4) is 0 Å². The number of aliphatic imine (C=N–C) groups is 1. The zero-order chi connectivity index (χ0) is 16.0. The maximum atomic E-state index is 10.3. The van der Waals surface area contributed by atoms with Crippen molar-refractivity contribution >= 4 is 29.9 Å². The lowest BCUT2D eigenvalue weighted by atomic mass is 9.73. The molecule has 5 nitrogen and oxygen atoms in total. The summed E-state index contributed by atoms with van der Waals surface area (Å²) in [5, 5.41) is 13.7. The number of aliphatic hydroxyl groups excluding tert-OH is 1. The number of halogens is 1. The Labute approximate surface area is 158 Å². The molecule has 0 radical (unpaired) electrons.